The standard InChI is InChI=1S/C27H30FN3O2/c1-27(2)22(16-24(33-27)25-21-15-20(28)9-10-23(21)30-26(25)32)19-7-5-18(6-8-19)17-29-11-14-31-12-3-4-13-31/h5-10,15-16,29H,3-4,11-14,17H2,1-2H3,(H,30,32). The quantitative estimate of drug-likeness (QED) is 0.503. The van der Waals surface area contributed by atoms with E-state index in [4.69, 9.17) is 4.74 Å². The van der Waals surface area contributed by atoms with Crippen LogP contribution < -0.4 is 10.6 Å². The zero-order valence-electron chi connectivity index (χ0n) is 19.2. The molecule has 1 saturated heterocycles. The Bertz CT molecular complexity index is 1130. The van der Waals surface area contributed by atoms with E-state index in [1.54, 1.807) is 6.07 Å². The zero-order valence-corrected chi connectivity index (χ0v) is 19.2. The molecule has 3 aliphatic rings. The van der Waals surface area contributed by atoms with Gasteiger partial charge in [-0.1, -0.05) is 24.3 Å². The lowest BCUT2D eigenvalue weighted by molar-refractivity contribution is -0.111. The van der Waals surface area contributed by atoms with E-state index >= 15 is 0 Å². The zero-order chi connectivity index (χ0) is 23.0. The molecule has 6 heteroatoms. The van der Waals surface area contributed by atoms with Crippen molar-refractivity contribution in [1.29, 1.82) is 0 Å². The van der Waals surface area contributed by atoms with Crippen molar-refractivity contribution in [3.05, 3.63) is 76.8 Å². The monoisotopic (exact) mass is 447 g/mol. The molecule has 0 radical (unpaired) electrons. The molecule has 172 valence electrons. The largest absolute Gasteiger partial charge is 0.482 e. The molecule has 0 aliphatic carbocycles. The van der Waals surface area contributed by atoms with Gasteiger partial charge in [-0.3, -0.25) is 4.79 Å². The Hall–Kier alpha value is -2.96. The van der Waals surface area contributed by atoms with Gasteiger partial charge in [0.25, 0.3) is 5.91 Å². The van der Waals surface area contributed by atoms with E-state index in [-0.39, 0.29) is 11.7 Å². The minimum atomic E-state index is -0.603. The van der Waals surface area contributed by atoms with E-state index in [2.05, 4.69) is 39.8 Å². The first-order valence-electron chi connectivity index (χ1n) is 11.7. The lowest BCUT2D eigenvalue weighted by Gasteiger charge is -2.23. The van der Waals surface area contributed by atoms with Crippen LogP contribution in [0.2, 0.25) is 0 Å². The molecule has 33 heavy (non-hydrogen) atoms. The number of anilines is 1. The van der Waals surface area contributed by atoms with E-state index in [0.717, 1.165) is 30.8 Å². The van der Waals surface area contributed by atoms with Gasteiger partial charge in [0.1, 0.15) is 17.2 Å². The molecule has 5 nitrogen and oxygen atoms in total. The summed E-state index contributed by atoms with van der Waals surface area (Å²) in [5.74, 6) is -0.173. The van der Waals surface area contributed by atoms with Gasteiger partial charge in [-0.15, -0.1) is 0 Å². The van der Waals surface area contributed by atoms with Crippen molar-refractivity contribution in [2.45, 2.75) is 38.8 Å². The summed E-state index contributed by atoms with van der Waals surface area (Å²) in [5.41, 5.74) is 4.20. The summed E-state index contributed by atoms with van der Waals surface area (Å²) in [4.78, 5) is 15.1. The molecule has 0 saturated carbocycles. The van der Waals surface area contributed by atoms with Crippen LogP contribution in [-0.4, -0.2) is 42.6 Å². The average molecular weight is 448 g/mol. The van der Waals surface area contributed by atoms with Crippen LogP contribution in [0.1, 0.15) is 43.4 Å². The second-order valence-electron chi connectivity index (χ2n) is 9.48. The Kier molecular flexibility index (Phi) is 5.81. The predicted molar refractivity (Wildman–Crippen MR) is 129 cm³/mol. The summed E-state index contributed by atoms with van der Waals surface area (Å²) >= 11 is 0. The molecule has 2 N–H and O–H groups in total. The fraction of sp³-hybridized carbons (Fsp3) is 0.370. The Labute approximate surface area is 194 Å². The first-order valence-corrected chi connectivity index (χ1v) is 11.7. The first-order chi connectivity index (χ1) is 15.9. The number of amides is 1. The number of allylic oxidation sites excluding steroid dienone is 1. The third-order valence-electron chi connectivity index (χ3n) is 6.66. The molecular formula is C27H30FN3O2. The Morgan fingerprint density at radius 1 is 1.12 bits per heavy atom. The summed E-state index contributed by atoms with van der Waals surface area (Å²) in [5, 5.41) is 6.33. The van der Waals surface area contributed by atoms with Crippen LogP contribution in [0.3, 0.4) is 0 Å². The van der Waals surface area contributed by atoms with Gasteiger partial charge in [0.2, 0.25) is 0 Å². The number of hydrogen-bond acceptors (Lipinski definition) is 4. The summed E-state index contributed by atoms with van der Waals surface area (Å²) in [7, 11) is 0. The minimum absolute atomic E-state index is 0.269. The molecule has 0 bridgehead atoms. The normalized spacial score (nSPS) is 21.7. The van der Waals surface area contributed by atoms with Gasteiger partial charge in [-0.25, -0.2) is 4.39 Å². The van der Waals surface area contributed by atoms with Crippen molar-refractivity contribution in [1.82, 2.24) is 10.2 Å². The number of rotatable bonds is 6. The molecule has 0 spiro atoms. The number of nitrogens with one attached hydrogen (secondary N) is 2. The van der Waals surface area contributed by atoms with Gasteiger partial charge >= 0.3 is 0 Å². The molecule has 2 aromatic rings. The van der Waals surface area contributed by atoms with Crippen molar-refractivity contribution >= 4 is 22.7 Å². The maximum Gasteiger partial charge on any atom is 0.260 e. The smallest absolute Gasteiger partial charge is 0.260 e. The van der Waals surface area contributed by atoms with E-state index in [0.29, 0.717) is 22.6 Å². The van der Waals surface area contributed by atoms with Crippen LogP contribution >= 0.6 is 0 Å². The number of nitrogens with zero attached hydrogens (tertiary/aromatic N) is 1. The SMILES string of the molecule is CC1(C)OC(=C2C(=O)Nc3ccc(F)cc32)C=C1c1ccc(CNCCN2CCCC2)cc1. The molecule has 2 aromatic carbocycles. The van der Waals surface area contributed by atoms with Crippen LogP contribution in [0.5, 0.6) is 0 Å². The van der Waals surface area contributed by atoms with Gasteiger partial charge < -0.3 is 20.3 Å². The second-order valence-corrected chi connectivity index (χ2v) is 9.48. The number of carbonyl (C=O) groups is 1. The number of ether oxygens (including phenoxy) is 1. The van der Waals surface area contributed by atoms with Gasteiger partial charge in [0.05, 0.1) is 5.57 Å². The molecule has 1 amide bonds. The van der Waals surface area contributed by atoms with Crippen LogP contribution in [-0.2, 0) is 16.1 Å². The summed E-state index contributed by atoms with van der Waals surface area (Å²) in [6.07, 6.45) is 4.56. The average Bonchev–Trinajstić information content (AvgIpc) is 3.48. The molecule has 3 aliphatic heterocycles. The maximum atomic E-state index is 13.8. The number of carbonyl (C=O) groups excluding carboxylic acids is 1. The van der Waals surface area contributed by atoms with Crippen molar-refractivity contribution < 1.29 is 13.9 Å². The van der Waals surface area contributed by atoms with Crippen LogP contribution in [0, 0.1) is 5.82 Å². The van der Waals surface area contributed by atoms with Gasteiger partial charge in [0.15, 0.2) is 0 Å². The number of benzene rings is 2. The topological polar surface area (TPSA) is 53.6 Å². The van der Waals surface area contributed by atoms with E-state index in [1.807, 2.05) is 19.9 Å². The molecular weight excluding hydrogens is 417 g/mol. The number of hydrogen-bond donors (Lipinski definition) is 2. The van der Waals surface area contributed by atoms with Crippen LogP contribution in [0.25, 0.3) is 11.1 Å². The fourth-order valence-electron chi connectivity index (χ4n) is 4.88. The number of fused-ring (bicyclic) bond motifs is 1. The molecule has 1 fully saturated rings. The fourth-order valence-corrected chi connectivity index (χ4v) is 4.88. The predicted octanol–water partition coefficient (Wildman–Crippen LogP) is 4.57. The van der Waals surface area contributed by atoms with E-state index in [1.165, 1.54) is 43.6 Å². The number of halogens is 1. The van der Waals surface area contributed by atoms with Crippen LogP contribution in [0.15, 0.2) is 54.3 Å². The van der Waals surface area contributed by atoms with Gasteiger partial charge in [0, 0.05) is 36.5 Å². The van der Waals surface area contributed by atoms with Gasteiger partial charge in [-0.2, -0.15) is 0 Å². The Balaban J connectivity index is 1.32. The minimum Gasteiger partial charge on any atom is -0.482 e. The molecule has 5 rings (SSSR count). The second kappa shape index (κ2) is 8.76. The number of likely N-dealkylation sites (tertiary alicyclic amines) is 1. The lowest BCUT2D eigenvalue weighted by atomic mass is 9.91. The third kappa shape index (κ3) is 4.45. The summed E-state index contributed by atoms with van der Waals surface area (Å²) in [6.45, 7) is 9.36. The van der Waals surface area contributed by atoms with E-state index in [9.17, 15) is 9.18 Å². The molecule has 3 heterocycles. The van der Waals surface area contributed by atoms with Crippen molar-refractivity contribution in [2.75, 3.05) is 31.5 Å². The van der Waals surface area contributed by atoms with Crippen molar-refractivity contribution in [2.24, 2.45) is 0 Å². The Morgan fingerprint density at radius 3 is 2.64 bits per heavy atom. The van der Waals surface area contributed by atoms with Crippen LogP contribution in [0.4, 0.5) is 10.1 Å². The highest BCUT2D eigenvalue weighted by molar-refractivity contribution is 6.32. The van der Waals surface area contributed by atoms with E-state index < -0.39 is 5.60 Å². The highest BCUT2D eigenvalue weighted by Crippen LogP contribution is 2.44. The van der Waals surface area contributed by atoms with Crippen molar-refractivity contribution in [3.63, 3.8) is 0 Å². The highest BCUT2D eigenvalue weighted by Gasteiger charge is 2.38. The molecule has 0 unspecified atom stereocenters. The third-order valence-corrected chi connectivity index (χ3v) is 6.66. The molecule has 0 atom stereocenters. The maximum absolute atomic E-state index is 13.8. The Morgan fingerprint density at radius 2 is 1.88 bits per heavy atom. The first kappa shape index (κ1) is 21.9. The highest BCUT2D eigenvalue weighted by atomic mass is 19.1. The van der Waals surface area contributed by atoms with Crippen molar-refractivity contribution in [3.8, 4) is 0 Å². The summed E-state index contributed by atoms with van der Waals surface area (Å²) in [6, 6.07) is 12.8. The van der Waals surface area contributed by atoms with Gasteiger partial charge in [-0.05, 0) is 75.2 Å². The molecule has 0 aromatic heterocycles. The lowest BCUT2D eigenvalue weighted by Crippen LogP contribution is -2.29. The summed E-state index contributed by atoms with van der Waals surface area (Å²) < 4.78 is 20.1.